The van der Waals surface area contributed by atoms with Crippen LogP contribution in [0, 0.1) is 11.3 Å². The van der Waals surface area contributed by atoms with E-state index in [0.29, 0.717) is 5.41 Å². The van der Waals surface area contributed by atoms with Gasteiger partial charge in [-0.15, -0.1) is 0 Å². The molecule has 3 fully saturated rings. The van der Waals surface area contributed by atoms with Gasteiger partial charge < -0.3 is 11.1 Å². The summed E-state index contributed by atoms with van der Waals surface area (Å²) in [5.74, 6) is 0.993. The monoisotopic (exact) mass is 138 g/mol. The van der Waals surface area contributed by atoms with Crippen molar-refractivity contribution in [2.24, 2.45) is 17.1 Å². The molecule has 0 aromatic carbocycles. The van der Waals surface area contributed by atoms with Gasteiger partial charge in [-0.05, 0) is 25.2 Å². The molecule has 1 spiro atoms. The van der Waals surface area contributed by atoms with Crippen molar-refractivity contribution in [3.63, 3.8) is 0 Å². The minimum atomic E-state index is 0.206. The van der Waals surface area contributed by atoms with Gasteiger partial charge >= 0.3 is 0 Å². The van der Waals surface area contributed by atoms with E-state index in [-0.39, 0.29) is 5.54 Å². The Labute approximate surface area is 61.2 Å². The van der Waals surface area contributed by atoms with Crippen LogP contribution in [-0.2, 0) is 0 Å². The first-order valence-corrected chi connectivity index (χ1v) is 4.27. The zero-order valence-electron chi connectivity index (χ0n) is 6.19. The third kappa shape index (κ3) is 0.372. The normalized spacial score (nSPS) is 63.9. The smallest absolute Gasteiger partial charge is 0.0353 e. The Balaban J connectivity index is 2.06. The second kappa shape index (κ2) is 1.28. The van der Waals surface area contributed by atoms with Gasteiger partial charge in [0, 0.05) is 24.0 Å². The standard InChI is InChI=1S/C8H14N2/c9-8-2-1-6-3-7(6,8)4-10-5-8/h6,10H,1-5,9H2. The van der Waals surface area contributed by atoms with Crippen LogP contribution in [0.4, 0.5) is 0 Å². The molecule has 3 rings (SSSR count). The summed E-state index contributed by atoms with van der Waals surface area (Å²) in [4.78, 5) is 0. The molecular weight excluding hydrogens is 124 g/mol. The summed E-state index contributed by atoms with van der Waals surface area (Å²) in [5.41, 5.74) is 7.06. The summed E-state index contributed by atoms with van der Waals surface area (Å²) < 4.78 is 0. The maximum Gasteiger partial charge on any atom is 0.0353 e. The highest BCUT2D eigenvalue weighted by molar-refractivity contribution is 5.26. The number of nitrogens with two attached hydrogens (primary N) is 1. The Bertz CT molecular complexity index is 183. The third-order valence-corrected chi connectivity index (χ3v) is 4.04. The minimum Gasteiger partial charge on any atom is -0.323 e. The largest absolute Gasteiger partial charge is 0.323 e. The van der Waals surface area contributed by atoms with Crippen molar-refractivity contribution < 1.29 is 0 Å². The Hall–Kier alpha value is -0.0800. The quantitative estimate of drug-likeness (QED) is 0.498. The molecule has 3 aliphatic rings. The highest BCUT2D eigenvalue weighted by Crippen LogP contribution is 2.68. The fourth-order valence-electron chi connectivity index (χ4n) is 3.22. The van der Waals surface area contributed by atoms with E-state index in [2.05, 4.69) is 5.32 Å². The van der Waals surface area contributed by atoms with E-state index >= 15 is 0 Å². The van der Waals surface area contributed by atoms with Gasteiger partial charge in [0.2, 0.25) is 0 Å². The molecular formula is C8H14N2. The molecule has 56 valence electrons. The summed E-state index contributed by atoms with van der Waals surface area (Å²) >= 11 is 0. The molecule has 1 saturated heterocycles. The van der Waals surface area contributed by atoms with Crippen LogP contribution in [0.2, 0.25) is 0 Å². The average molecular weight is 138 g/mol. The summed E-state index contributed by atoms with van der Waals surface area (Å²) in [6, 6.07) is 0. The van der Waals surface area contributed by atoms with E-state index in [4.69, 9.17) is 5.73 Å². The Morgan fingerprint density at radius 3 is 3.00 bits per heavy atom. The van der Waals surface area contributed by atoms with E-state index < -0.39 is 0 Å². The zero-order chi connectivity index (χ0) is 6.82. The third-order valence-electron chi connectivity index (χ3n) is 4.04. The summed E-state index contributed by atoms with van der Waals surface area (Å²) in [6.07, 6.45) is 4.08. The molecule has 1 heterocycles. The number of rotatable bonds is 0. The highest BCUT2D eigenvalue weighted by Gasteiger charge is 2.70. The topological polar surface area (TPSA) is 38.0 Å². The summed E-state index contributed by atoms with van der Waals surface area (Å²) in [5, 5.41) is 3.42. The highest BCUT2D eigenvalue weighted by atomic mass is 15.1. The van der Waals surface area contributed by atoms with Gasteiger partial charge in [-0.1, -0.05) is 0 Å². The maximum absolute atomic E-state index is 6.28. The molecule has 2 nitrogen and oxygen atoms in total. The lowest BCUT2D eigenvalue weighted by molar-refractivity contribution is 0.344. The SMILES string of the molecule is NC12CCC3CC31CNC2. The van der Waals surface area contributed by atoms with E-state index in [9.17, 15) is 0 Å². The van der Waals surface area contributed by atoms with Crippen molar-refractivity contribution in [1.29, 1.82) is 0 Å². The first-order chi connectivity index (χ1) is 4.77. The van der Waals surface area contributed by atoms with Crippen LogP contribution < -0.4 is 11.1 Å². The zero-order valence-corrected chi connectivity index (χ0v) is 6.19. The van der Waals surface area contributed by atoms with Crippen LogP contribution >= 0.6 is 0 Å². The van der Waals surface area contributed by atoms with Crippen molar-refractivity contribution in [1.82, 2.24) is 5.32 Å². The van der Waals surface area contributed by atoms with E-state index in [1.807, 2.05) is 0 Å². The van der Waals surface area contributed by atoms with Gasteiger partial charge in [-0.2, -0.15) is 0 Å². The molecule has 0 aromatic heterocycles. The molecule has 0 aromatic rings. The Kier molecular flexibility index (Phi) is 0.710. The fourth-order valence-corrected chi connectivity index (χ4v) is 3.22. The van der Waals surface area contributed by atoms with Gasteiger partial charge in [0.25, 0.3) is 0 Å². The summed E-state index contributed by atoms with van der Waals surface area (Å²) in [6.45, 7) is 2.28. The lowest BCUT2D eigenvalue weighted by Gasteiger charge is -2.25. The molecule has 0 radical (unpaired) electrons. The van der Waals surface area contributed by atoms with Crippen LogP contribution in [0.25, 0.3) is 0 Å². The van der Waals surface area contributed by atoms with E-state index in [0.717, 1.165) is 12.5 Å². The van der Waals surface area contributed by atoms with Crippen molar-refractivity contribution in [3.8, 4) is 0 Å². The van der Waals surface area contributed by atoms with Gasteiger partial charge in [-0.25, -0.2) is 0 Å². The number of hydrogen-bond donors (Lipinski definition) is 2. The van der Waals surface area contributed by atoms with Crippen molar-refractivity contribution in [2.75, 3.05) is 13.1 Å². The van der Waals surface area contributed by atoms with Crippen LogP contribution in [0.1, 0.15) is 19.3 Å². The van der Waals surface area contributed by atoms with Crippen LogP contribution in [0.15, 0.2) is 0 Å². The van der Waals surface area contributed by atoms with Gasteiger partial charge in [-0.3, -0.25) is 0 Å². The first kappa shape index (κ1) is 5.56. The maximum atomic E-state index is 6.28. The van der Waals surface area contributed by atoms with Gasteiger partial charge in [0.1, 0.15) is 0 Å². The number of hydrogen-bond acceptors (Lipinski definition) is 2. The molecule has 0 amide bonds. The second-order valence-electron chi connectivity index (χ2n) is 4.36. The van der Waals surface area contributed by atoms with Gasteiger partial charge in [0.15, 0.2) is 0 Å². The summed E-state index contributed by atoms with van der Waals surface area (Å²) in [7, 11) is 0. The van der Waals surface area contributed by atoms with Crippen molar-refractivity contribution in [2.45, 2.75) is 24.8 Å². The minimum absolute atomic E-state index is 0.206. The predicted octanol–water partition coefficient (Wildman–Crippen LogP) is 0.0872. The molecule has 0 bridgehead atoms. The second-order valence-corrected chi connectivity index (χ2v) is 4.36. The van der Waals surface area contributed by atoms with E-state index in [1.165, 1.54) is 25.8 Å². The Morgan fingerprint density at radius 2 is 2.30 bits per heavy atom. The van der Waals surface area contributed by atoms with Crippen LogP contribution in [0.5, 0.6) is 0 Å². The van der Waals surface area contributed by atoms with Crippen molar-refractivity contribution in [3.05, 3.63) is 0 Å². The lowest BCUT2D eigenvalue weighted by Crippen LogP contribution is -2.46. The predicted molar refractivity (Wildman–Crippen MR) is 39.6 cm³/mol. The lowest BCUT2D eigenvalue weighted by atomic mass is 9.86. The molecule has 2 heteroatoms. The molecule has 1 aliphatic heterocycles. The van der Waals surface area contributed by atoms with Crippen molar-refractivity contribution >= 4 is 0 Å². The van der Waals surface area contributed by atoms with Crippen LogP contribution in [0.3, 0.4) is 0 Å². The fraction of sp³-hybridized carbons (Fsp3) is 1.00. The van der Waals surface area contributed by atoms with Gasteiger partial charge in [0.05, 0.1) is 0 Å². The van der Waals surface area contributed by atoms with E-state index in [1.54, 1.807) is 0 Å². The first-order valence-electron chi connectivity index (χ1n) is 4.27. The molecule has 3 N–H and O–H groups in total. The molecule has 10 heavy (non-hydrogen) atoms. The van der Waals surface area contributed by atoms with Crippen LogP contribution in [-0.4, -0.2) is 18.6 Å². The molecule has 2 aliphatic carbocycles. The molecule has 3 atom stereocenters. The molecule has 2 saturated carbocycles. The molecule has 3 unspecified atom stereocenters. The number of nitrogens with one attached hydrogen (secondary N) is 1. The Morgan fingerprint density at radius 1 is 1.40 bits per heavy atom. The average Bonchev–Trinajstić information content (AvgIpc) is 2.39.